The van der Waals surface area contributed by atoms with Gasteiger partial charge >= 0.3 is 5.97 Å². The molecule has 1 N–H and O–H groups in total. The zero-order valence-corrected chi connectivity index (χ0v) is 14.2. The maximum atomic E-state index is 13.1. The molecule has 0 aromatic heterocycles. The fourth-order valence-corrected chi connectivity index (χ4v) is 2.13. The van der Waals surface area contributed by atoms with Crippen molar-refractivity contribution in [3.05, 3.63) is 52.8 Å². The molecule has 0 saturated heterocycles. The smallest absolute Gasteiger partial charge is 0.338 e. The minimum absolute atomic E-state index is 0.0466. The second-order valence-corrected chi connectivity index (χ2v) is 5.23. The van der Waals surface area contributed by atoms with Crippen LogP contribution < -0.4 is 14.8 Å². The fourth-order valence-electron chi connectivity index (χ4n) is 1.95. The first-order valence-electron chi connectivity index (χ1n) is 7.08. The molecule has 8 heteroatoms. The summed E-state index contributed by atoms with van der Waals surface area (Å²) in [4.78, 5) is 23.7. The molecule has 2 aromatic rings. The summed E-state index contributed by atoms with van der Waals surface area (Å²) in [6.07, 6.45) is 0. The van der Waals surface area contributed by atoms with E-state index in [1.165, 1.54) is 20.3 Å². The van der Waals surface area contributed by atoms with Gasteiger partial charge in [0.05, 0.1) is 24.8 Å². The zero-order valence-electron chi connectivity index (χ0n) is 13.5. The van der Waals surface area contributed by atoms with Gasteiger partial charge in [-0.3, -0.25) is 4.79 Å². The van der Waals surface area contributed by atoms with Gasteiger partial charge in [-0.2, -0.15) is 0 Å². The summed E-state index contributed by atoms with van der Waals surface area (Å²) in [5, 5.41) is 2.35. The van der Waals surface area contributed by atoms with Crippen LogP contribution in [0.1, 0.15) is 10.4 Å². The Morgan fingerprint density at radius 3 is 2.44 bits per heavy atom. The van der Waals surface area contributed by atoms with Crippen LogP contribution >= 0.6 is 11.6 Å². The third-order valence-electron chi connectivity index (χ3n) is 3.16. The number of amides is 1. The molecular weight excluding hydrogens is 353 g/mol. The lowest BCUT2D eigenvalue weighted by molar-refractivity contribution is -0.119. The van der Waals surface area contributed by atoms with Crippen molar-refractivity contribution in [2.45, 2.75) is 0 Å². The number of nitrogens with one attached hydrogen (secondary N) is 1. The predicted molar refractivity (Wildman–Crippen MR) is 89.9 cm³/mol. The van der Waals surface area contributed by atoms with Crippen molar-refractivity contribution in [2.24, 2.45) is 0 Å². The Morgan fingerprint density at radius 1 is 1.08 bits per heavy atom. The lowest BCUT2D eigenvalue weighted by Gasteiger charge is -2.11. The van der Waals surface area contributed by atoms with Gasteiger partial charge < -0.3 is 19.5 Å². The number of methoxy groups -OCH3 is 2. The Bertz CT molecular complexity index is 797. The highest BCUT2D eigenvalue weighted by Crippen LogP contribution is 2.29. The van der Waals surface area contributed by atoms with Crippen molar-refractivity contribution in [3.63, 3.8) is 0 Å². The molecule has 2 aromatic carbocycles. The van der Waals surface area contributed by atoms with Gasteiger partial charge in [0.2, 0.25) is 0 Å². The quantitative estimate of drug-likeness (QED) is 0.793. The first kappa shape index (κ1) is 18.5. The molecule has 0 aliphatic heterocycles. The van der Waals surface area contributed by atoms with Gasteiger partial charge in [-0.1, -0.05) is 11.6 Å². The molecule has 0 spiro atoms. The number of esters is 1. The van der Waals surface area contributed by atoms with E-state index in [0.29, 0.717) is 17.2 Å². The molecule has 0 fully saturated rings. The van der Waals surface area contributed by atoms with Gasteiger partial charge in [-0.15, -0.1) is 0 Å². The van der Waals surface area contributed by atoms with Gasteiger partial charge in [0.15, 0.2) is 18.1 Å². The Kier molecular flexibility index (Phi) is 6.19. The van der Waals surface area contributed by atoms with Crippen molar-refractivity contribution in [1.82, 2.24) is 0 Å². The predicted octanol–water partition coefficient (Wildman–Crippen LogP) is 3.29. The highest BCUT2D eigenvalue weighted by molar-refractivity contribution is 6.31. The fraction of sp³-hybridized carbons (Fsp3) is 0.176. The minimum atomic E-state index is -0.788. The first-order chi connectivity index (χ1) is 11.9. The van der Waals surface area contributed by atoms with Crippen LogP contribution in [0.4, 0.5) is 10.1 Å². The molecule has 0 bridgehead atoms. The van der Waals surface area contributed by atoms with E-state index in [4.69, 9.17) is 25.8 Å². The lowest BCUT2D eigenvalue weighted by atomic mass is 10.2. The van der Waals surface area contributed by atoms with E-state index in [-0.39, 0.29) is 10.6 Å². The summed E-state index contributed by atoms with van der Waals surface area (Å²) >= 11 is 5.60. The van der Waals surface area contributed by atoms with Crippen molar-refractivity contribution in [2.75, 3.05) is 26.1 Å². The van der Waals surface area contributed by atoms with E-state index >= 15 is 0 Å². The van der Waals surface area contributed by atoms with Crippen LogP contribution in [-0.2, 0) is 9.53 Å². The van der Waals surface area contributed by atoms with E-state index in [2.05, 4.69) is 5.32 Å². The number of carbonyl (C=O) groups excluding carboxylic acids is 2. The Balaban J connectivity index is 1.94. The second kappa shape index (κ2) is 8.34. The van der Waals surface area contributed by atoms with Crippen molar-refractivity contribution in [1.29, 1.82) is 0 Å². The minimum Gasteiger partial charge on any atom is -0.493 e. The summed E-state index contributed by atoms with van der Waals surface area (Å²) in [6.45, 7) is -0.512. The van der Waals surface area contributed by atoms with Crippen LogP contribution in [0.25, 0.3) is 0 Å². The van der Waals surface area contributed by atoms with Crippen LogP contribution in [0, 0.1) is 5.82 Å². The van der Waals surface area contributed by atoms with Crippen molar-refractivity contribution >= 4 is 29.2 Å². The van der Waals surface area contributed by atoms with Crippen LogP contribution in [0.3, 0.4) is 0 Å². The molecule has 2 rings (SSSR count). The molecule has 1 amide bonds. The number of carbonyl (C=O) groups is 2. The maximum Gasteiger partial charge on any atom is 0.338 e. The molecule has 0 unspecified atom stereocenters. The van der Waals surface area contributed by atoms with Crippen LogP contribution in [-0.4, -0.2) is 32.7 Å². The van der Waals surface area contributed by atoms with Crippen LogP contribution in [0.2, 0.25) is 5.02 Å². The van der Waals surface area contributed by atoms with E-state index in [0.717, 1.165) is 12.1 Å². The second-order valence-electron chi connectivity index (χ2n) is 4.82. The molecule has 0 aliphatic rings. The molecule has 0 aliphatic carbocycles. The standard InChI is InChI=1S/C17H15ClFNO5/c1-23-14-6-4-11(8-15(14)24-2)20-16(21)9-25-17(22)10-3-5-13(19)12(18)7-10/h3-8H,9H2,1-2H3,(H,20,21). The van der Waals surface area contributed by atoms with Gasteiger partial charge in [-0.25, -0.2) is 9.18 Å². The molecule has 25 heavy (non-hydrogen) atoms. The van der Waals surface area contributed by atoms with Gasteiger partial charge in [0.1, 0.15) is 5.82 Å². The lowest BCUT2D eigenvalue weighted by Crippen LogP contribution is -2.21. The molecular formula is C17H15ClFNO5. The van der Waals surface area contributed by atoms with Crippen molar-refractivity contribution in [3.8, 4) is 11.5 Å². The van der Waals surface area contributed by atoms with Crippen molar-refractivity contribution < 1.29 is 28.2 Å². The first-order valence-corrected chi connectivity index (χ1v) is 7.46. The van der Waals surface area contributed by atoms with Crippen LogP contribution in [0.15, 0.2) is 36.4 Å². The summed E-state index contributed by atoms with van der Waals surface area (Å²) < 4.78 is 28.2. The number of hydrogen-bond acceptors (Lipinski definition) is 5. The maximum absolute atomic E-state index is 13.1. The average molecular weight is 368 g/mol. The summed E-state index contributed by atoms with van der Waals surface area (Å²) in [7, 11) is 2.97. The molecule has 0 atom stereocenters. The zero-order chi connectivity index (χ0) is 18.4. The number of hydrogen-bond donors (Lipinski definition) is 1. The molecule has 6 nitrogen and oxygen atoms in total. The SMILES string of the molecule is COc1ccc(NC(=O)COC(=O)c2ccc(F)c(Cl)c2)cc1OC. The van der Waals surface area contributed by atoms with Gasteiger partial charge in [0, 0.05) is 11.8 Å². The Labute approximate surface area is 148 Å². The van der Waals surface area contributed by atoms with Crippen LogP contribution in [0.5, 0.6) is 11.5 Å². The van der Waals surface area contributed by atoms with E-state index < -0.39 is 24.3 Å². The largest absolute Gasteiger partial charge is 0.493 e. The number of ether oxygens (including phenoxy) is 3. The number of anilines is 1. The number of benzene rings is 2. The third kappa shape index (κ3) is 4.84. The summed E-state index contributed by atoms with van der Waals surface area (Å²) in [5.41, 5.74) is 0.494. The monoisotopic (exact) mass is 367 g/mol. The Morgan fingerprint density at radius 2 is 1.80 bits per heavy atom. The molecule has 0 saturated carbocycles. The molecule has 0 radical (unpaired) electrons. The van der Waals surface area contributed by atoms with Gasteiger partial charge in [0.25, 0.3) is 5.91 Å². The van der Waals surface area contributed by atoms with Gasteiger partial charge in [-0.05, 0) is 30.3 Å². The highest BCUT2D eigenvalue weighted by Gasteiger charge is 2.13. The van der Waals surface area contributed by atoms with E-state index in [9.17, 15) is 14.0 Å². The summed E-state index contributed by atoms with van der Waals surface area (Å²) in [5.74, 6) is -1.03. The average Bonchev–Trinajstić information content (AvgIpc) is 2.61. The number of halogens is 2. The molecule has 0 heterocycles. The van der Waals surface area contributed by atoms with E-state index in [1.54, 1.807) is 18.2 Å². The summed E-state index contributed by atoms with van der Waals surface area (Å²) in [6, 6.07) is 8.20. The molecule has 132 valence electrons. The normalized spacial score (nSPS) is 10.1. The third-order valence-corrected chi connectivity index (χ3v) is 3.45. The highest BCUT2D eigenvalue weighted by atomic mass is 35.5. The number of rotatable bonds is 6. The topological polar surface area (TPSA) is 73.9 Å². The van der Waals surface area contributed by atoms with E-state index in [1.807, 2.05) is 0 Å². The Hall–Kier alpha value is -2.80.